The van der Waals surface area contributed by atoms with Crippen molar-refractivity contribution >= 4 is 6.09 Å². The SMILES string of the molecule is CC(C)(C)OC(=O)NCC(N)c1ccc(F)cc1. The summed E-state index contributed by atoms with van der Waals surface area (Å²) in [5, 5.41) is 2.57. The maximum absolute atomic E-state index is 12.7. The van der Waals surface area contributed by atoms with Gasteiger partial charge in [-0.2, -0.15) is 0 Å². The lowest BCUT2D eigenvalue weighted by Gasteiger charge is -2.20. The van der Waals surface area contributed by atoms with Gasteiger partial charge in [0.15, 0.2) is 0 Å². The van der Waals surface area contributed by atoms with Crippen molar-refractivity contribution < 1.29 is 13.9 Å². The number of carbonyl (C=O) groups is 1. The van der Waals surface area contributed by atoms with Gasteiger partial charge in [0.25, 0.3) is 0 Å². The Morgan fingerprint density at radius 2 is 1.94 bits per heavy atom. The highest BCUT2D eigenvalue weighted by Crippen LogP contribution is 2.11. The summed E-state index contributed by atoms with van der Waals surface area (Å²) in [7, 11) is 0. The lowest BCUT2D eigenvalue weighted by atomic mass is 10.1. The second-order valence-corrected chi connectivity index (χ2v) is 5.04. The maximum atomic E-state index is 12.7. The van der Waals surface area contributed by atoms with Crippen molar-refractivity contribution in [2.75, 3.05) is 6.54 Å². The first kappa shape index (κ1) is 14.4. The van der Waals surface area contributed by atoms with Crippen LogP contribution in [0.15, 0.2) is 24.3 Å². The van der Waals surface area contributed by atoms with Crippen molar-refractivity contribution in [1.29, 1.82) is 0 Å². The van der Waals surface area contributed by atoms with E-state index in [1.165, 1.54) is 12.1 Å². The number of halogens is 1. The molecule has 0 fully saturated rings. The number of benzene rings is 1. The van der Waals surface area contributed by atoms with E-state index in [0.29, 0.717) is 0 Å². The molecule has 0 radical (unpaired) electrons. The fourth-order valence-electron chi connectivity index (χ4n) is 1.34. The topological polar surface area (TPSA) is 64.3 Å². The molecular weight excluding hydrogens is 235 g/mol. The van der Waals surface area contributed by atoms with Gasteiger partial charge in [-0.3, -0.25) is 0 Å². The predicted octanol–water partition coefficient (Wildman–Crippen LogP) is 2.35. The quantitative estimate of drug-likeness (QED) is 0.870. The fraction of sp³-hybridized carbons (Fsp3) is 0.462. The Hall–Kier alpha value is -1.62. The van der Waals surface area contributed by atoms with E-state index in [1.807, 2.05) is 0 Å². The summed E-state index contributed by atoms with van der Waals surface area (Å²) in [4.78, 5) is 11.4. The number of nitrogens with one attached hydrogen (secondary N) is 1. The van der Waals surface area contributed by atoms with Crippen LogP contribution in [0.2, 0.25) is 0 Å². The van der Waals surface area contributed by atoms with Gasteiger partial charge < -0.3 is 15.8 Å². The van der Waals surface area contributed by atoms with Crippen LogP contribution in [0, 0.1) is 5.82 Å². The van der Waals surface area contributed by atoms with Crippen LogP contribution in [-0.4, -0.2) is 18.2 Å². The van der Waals surface area contributed by atoms with Gasteiger partial charge in [0.05, 0.1) is 0 Å². The molecule has 1 rings (SSSR count). The van der Waals surface area contributed by atoms with Gasteiger partial charge in [-0.05, 0) is 38.5 Å². The van der Waals surface area contributed by atoms with Gasteiger partial charge in [0, 0.05) is 12.6 Å². The van der Waals surface area contributed by atoms with Crippen molar-refractivity contribution in [3.05, 3.63) is 35.6 Å². The molecule has 1 unspecified atom stereocenters. The lowest BCUT2D eigenvalue weighted by Crippen LogP contribution is -2.36. The molecule has 5 heteroatoms. The van der Waals surface area contributed by atoms with E-state index in [4.69, 9.17) is 10.5 Å². The van der Waals surface area contributed by atoms with Crippen molar-refractivity contribution in [3.63, 3.8) is 0 Å². The van der Waals surface area contributed by atoms with Crippen molar-refractivity contribution in [1.82, 2.24) is 5.32 Å². The van der Waals surface area contributed by atoms with Crippen LogP contribution in [0.3, 0.4) is 0 Å². The summed E-state index contributed by atoms with van der Waals surface area (Å²) in [5.74, 6) is -0.314. The number of ether oxygens (including phenoxy) is 1. The van der Waals surface area contributed by atoms with Crippen LogP contribution in [0.1, 0.15) is 32.4 Å². The molecule has 0 spiro atoms. The Labute approximate surface area is 106 Å². The Bertz CT molecular complexity index is 398. The Morgan fingerprint density at radius 3 is 2.44 bits per heavy atom. The van der Waals surface area contributed by atoms with E-state index < -0.39 is 17.7 Å². The molecule has 1 aromatic rings. The summed E-state index contributed by atoms with van der Waals surface area (Å²) in [6.45, 7) is 5.59. The molecule has 0 bridgehead atoms. The van der Waals surface area contributed by atoms with Crippen LogP contribution >= 0.6 is 0 Å². The van der Waals surface area contributed by atoms with E-state index in [9.17, 15) is 9.18 Å². The first-order valence-electron chi connectivity index (χ1n) is 5.76. The van der Waals surface area contributed by atoms with Gasteiger partial charge in [0.1, 0.15) is 11.4 Å². The highest BCUT2D eigenvalue weighted by molar-refractivity contribution is 5.67. The zero-order valence-corrected chi connectivity index (χ0v) is 10.9. The molecule has 100 valence electrons. The molecular formula is C13H19FN2O2. The molecule has 0 saturated heterocycles. The monoisotopic (exact) mass is 254 g/mol. The van der Waals surface area contributed by atoms with Gasteiger partial charge in [-0.1, -0.05) is 12.1 Å². The Morgan fingerprint density at radius 1 is 1.39 bits per heavy atom. The van der Waals surface area contributed by atoms with Gasteiger partial charge in [-0.15, -0.1) is 0 Å². The van der Waals surface area contributed by atoms with Crippen molar-refractivity contribution in [2.45, 2.75) is 32.4 Å². The Balaban J connectivity index is 2.44. The number of hydrogen-bond donors (Lipinski definition) is 2. The smallest absolute Gasteiger partial charge is 0.407 e. The summed E-state index contributed by atoms with van der Waals surface area (Å²) >= 11 is 0. The molecule has 1 aromatic carbocycles. The molecule has 3 N–H and O–H groups in total. The molecule has 4 nitrogen and oxygen atoms in total. The molecule has 0 heterocycles. The molecule has 0 aliphatic carbocycles. The van der Waals surface area contributed by atoms with E-state index in [2.05, 4.69) is 5.32 Å². The first-order chi connectivity index (χ1) is 8.28. The van der Waals surface area contributed by atoms with E-state index >= 15 is 0 Å². The van der Waals surface area contributed by atoms with Crippen LogP contribution in [0.4, 0.5) is 9.18 Å². The molecule has 0 aliphatic heterocycles. The van der Waals surface area contributed by atoms with Crippen molar-refractivity contribution in [3.8, 4) is 0 Å². The van der Waals surface area contributed by atoms with Gasteiger partial charge in [-0.25, -0.2) is 9.18 Å². The number of hydrogen-bond acceptors (Lipinski definition) is 3. The van der Waals surface area contributed by atoms with Crippen LogP contribution < -0.4 is 11.1 Å². The zero-order chi connectivity index (χ0) is 13.8. The number of amides is 1. The number of alkyl carbamates (subject to hydrolysis) is 1. The van der Waals surface area contributed by atoms with E-state index in [0.717, 1.165) is 5.56 Å². The molecule has 1 amide bonds. The Kier molecular flexibility index (Phi) is 4.67. The predicted molar refractivity (Wildman–Crippen MR) is 67.6 cm³/mol. The minimum Gasteiger partial charge on any atom is -0.444 e. The molecule has 18 heavy (non-hydrogen) atoms. The normalized spacial score (nSPS) is 12.9. The largest absolute Gasteiger partial charge is 0.444 e. The second-order valence-electron chi connectivity index (χ2n) is 5.04. The molecule has 0 aromatic heterocycles. The second kappa shape index (κ2) is 5.82. The fourth-order valence-corrected chi connectivity index (χ4v) is 1.34. The average molecular weight is 254 g/mol. The van der Waals surface area contributed by atoms with Crippen LogP contribution in [-0.2, 0) is 4.74 Å². The standard InChI is InChI=1S/C13H19FN2O2/c1-13(2,3)18-12(17)16-8-11(15)9-4-6-10(14)7-5-9/h4-7,11H,8,15H2,1-3H3,(H,16,17). The summed E-state index contributed by atoms with van der Waals surface area (Å²) in [5.41, 5.74) is 6.08. The van der Waals surface area contributed by atoms with Crippen molar-refractivity contribution in [2.24, 2.45) is 5.73 Å². The average Bonchev–Trinajstić information content (AvgIpc) is 2.24. The maximum Gasteiger partial charge on any atom is 0.407 e. The molecule has 1 atom stereocenters. The summed E-state index contributed by atoms with van der Waals surface area (Å²) in [6, 6.07) is 5.47. The molecule has 0 aliphatic rings. The number of nitrogens with two attached hydrogens (primary N) is 1. The van der Waals surface area contributed by atoms with Crippen LogP contribution in [0.25, 0.3) is 0 Å². The third-order valence-electron chi connectivity index (χ3n) is 2.16. The minimum atomic E-state index is -0.538. The number of rotatable bonds is 3. The molecule has 0 saturated carbocycles. The van der Waals surface area contributed by atoms with Crippen LogP contribution in [0.5, 0.6) is 0 Å². The minimum absolute atomic E-state index is 0.237. The van der Waals surface area contributed by atoms with Gasteiger partial charge in [0.2, 0.25) is 0 Å². The third-order valence-corrected chi connectivity index (χ3v) is 2.16. The van der Waals surface area contributed by atoms with Gasteiger partial charge >= 0.3 is 6.09 Å². The lowest BCUT2D eigenvalue weighted by molar-refractivity contribution is 0.0524. The zero-order valence-electron chi connectivity index (χ0n) is 10.9. The third kappa shape index (κ3) is 5.14. The highest BCUT2D eigenvalue weighted by atomic mass is 19.1. The van der Waals surface area contributed by atoms with E-state index in [-0.39, 0.29) is 12.4 Å². The van der Waals surface area contributed by atoms with E-state index in [1.54, 1.807) is 32.9 Å². The number of carbonyl (C=O) groups excluding carboxylic acids is 1. The summed E-state index contributed by atoms with van der Waals surface area (Å²) in [6.07, 6.45) is -0.514. The summed E-state index contributed by atoms with van der Waals surface area (Å²) < 4.78 is 17.8. The highest BCUT2D eigenvalue weighted by Gasteiger charge is 2.16. The first-order valence-corrected chi connectivity index (χ1v) is 5.76.